The second kappa shape index (κ2) is 6.88. The highest BCUT2D eigenvalue weighted by molar-refractivity contribution is 6.08. The van der Waals surface area contributed by atoms with Crippen LogP contribution < -0.4 is 16.8 Å². The van der Waals surface area contributed by atoms with Gasteiger partial charge in [-0.15, -0.1) is 0 Å². The van der Waals surface area contributed by atoms with Crippen molar-refractivity contribution in [2.45, 2.75) is 32.1 Å². The van der Waals surface area contributed by atoms with Gasteiger partial charge in [0.15, 0.2) is 0 Å². The van der Waals surface area contributed by atoms with Crippen molar-refractivity contribution in [2.75, 3.05) is 11.9 Å². The van der Waals surface area contributed by atoms with E-state index in [0.29, 0.717) is 23.1 Å². The van der Waals surface area contributed by atoms with E-state index in [4.69, 9.17) is 16.9 Å². The molecule has 6 heteroatoms. The van der Waals surface area contributed by atoms with Gasteiger partial charge in [0.1, 0.15) is 5.82 Å². The minimum absolute atomic E-state index is 0.0944. The number of anilines is 1. The van der Waals surface area contributed by atoms with Crippen molar-refractivity contribution in [3.8, 4) is 0 Å². The molecule has 0 aromatic carbocycles. The van der Waals surface area contributed by atoms with Gasteiger partial charge in [-0.2, -0.15) is 0 Å². The number of nitrogens with two attached hydrogens (primary N) is 2. The highest BCUT2D eigenvalue weighted by Crippen LogP contribution is 2.23. The van der Waals surface area contributed by atoms with Crippen molar-refractivity contribution >= 4 is 17.7 Å². The van der Waals surface area contributed by atoms with E-state index < -0.39 is 0 Å². The summed E-state index contributed by atoms with van der Waals surface area (Å²) in [4.78, 5) is 8.56. The molecule has 108 valence electrons. The van der Waals surface area contributed by atoms with Crippen molar-refractivity contribution in [1.82, 2.24) is 9.97 Å². The standard InChI is InChI=1S/C14H22N6/c15-8-11(13(16)17)12-6-7-18-14(20-12)19-9-10-4-2-1-3-5-10/h6-8,10,15H,1-5,9,16-17H2,(H,18,19,20). The zero-order valence-corrected chi connectivity index (χ0v) is 11.6. The summed E-state index contributed by atoms with van der Waals surface area (Å²) < 4.78 is 0. The Kier molecular flexibility index (Phi) is 4.92. The van der Waals surface area contributed by atoms with Crippen LogP contribution in [0.5, 0.6) is 0 Å². The predicted molar refractivity (Wildman–Crippen MR) is 81.2 cm³/mol. The molecule has 0 saturated heterocycles. The van der Waals surface area contributed by atoms with E-state index in [2.05, 4.69) is 15.3 Å². The van der Waals surface area contributed by atoms with Crippen LogP contribution in [-0.4, -0.2) is 22.7 Å². The number of nitrogens with one attached hydrogen (secondary N) is 2. The lowest BCUT2D eigenvalue weighted by Gasteiger charge is -2.21. The zero-order valence-electron chi connectivity index (χ0n) is 11.6. The van der Waals surface area contributed by atoms with Crippen LogP contribution in [0, 0.1) is 11.3 Å². The molecular formula is C14H22N6. The molecule has 20 heavy (non-hydrogen) atoms. The molecule has 2 rings (SSSR count). The van der Waals surface area contributed by atoms with Gasteiger partial charge in [0.2, 0.25) is 5.95 Å². The summed E-state index contributed by atoms with van der Waals surface area (Å²) in [5.74, 6) is 1.36. The summed E-state index contributed by atoms with van der Waals surface area (Å²) in [5.41, 5.74) is 12.1. The molecule has 0 atom stereocenters. The van der Waals surface area contributed by atoms with Crippen molar-refractivity contribution in [3.05, 3.63) is 23.8 Å². The van der Waals surface area contributed by atoms with E-state index >= 15 is 0 Å². The first-order chi connectivity index (χ1) is 9.70. The molecular weight excluding hydrogens is 252 g/mol. The molecule has 0 spiro atoms. The van der Waals surface area contributed by atoms with Gasteiger partial charge in [-0.05, 0) is 24.8 Å². The Labute approximate surface area is 119 Å². The maximum absolute atomic E-state index is 7.34. The van der Waals surface area contributed by atoms with Crippen LogP contribution in [0.2, 0.25) is 0 Å². The Balaban J connectivity index is 2.02. The third-order valence-corrected chi connectivity index (χ3v) is 3.66. The lowest BCUT2D eigenvalue weighted by Crippen LogP contribution is -2.19. The van der Waals surface area contributed by atoms with Gasteiger partial charge < -0.3 is 22.2 Å². The first-order valence-electron chi connectivity index (χ1n) is 7.03. The average molecular weight is 274 g/mol. The van der Waals surface area contributed by atoms with E-state index in [1.54, 1.807) is 12.3 Å². The van der Waals surface area contributed by atoms with Crippen LogP contribution in [-0.2, 0) is 0 Å². The Hall–Kier alpha value is -2.11. The Bertz CT molecular complexity index is 486. The van der Waals surface area contributed by atoms with Gasteiger partial charge in [-0.1, -0.05) is 19.3 Å². The van der Waals surface area contributed by atoms with E-state index in [0.717, 1.165) is 12.8 Å². The van der Waals surface area contributed by atoms with E-state index in [1.165, 1.54) is 32.1 Å². The molecule has 0 bridgehead atoms. The van der Waals surface area contributed by atoms with Gasteiger partial charge in [0.05, 0.1) is 11.3 Å². The molecule has 0 amide bonds. The van der Waals surface area contributed by atoms with Crippen molar-refractivity contribution in [2.24, 2.45) is 17.4 Å². The largest absolute Gasteiger partial charge is 0.385 e. The fraction of sp³-hybridized carbons (Fsp3) is 0.500. The van der Waals surface area contributed by atoms with Crippen LogP contribution in [0.4, 0.5) is 5.95 Å². The zero-order chi connectivity index (χ0) is 14.4. The third-order valence-electron chi connectivity index (χ3n) is 3.66. The molecule has 0 unspecified atom stereocenters. The summed E-state index contributed by atoms with van der Waals surface area (Å²) in [6, 6.07) is 1.70. The Morgan fingerprint density at radius 1 is 1.35 bits per heavy atom. The molecule has 1 saturated carbocycles. The number of hydrogen-bond acceptors (Lipinski definition) is 6. The van der Waals surface area contributed by atoms with Crippen LogP contribution in [0.3, 0.4) is 0 Å². The van der Waals surface area contributed by atoms with Gasteiger partial charge in [-0.3, -0.25) is 0 Å². The number of hydrogen-bond donors (Lipinski definition) is 4. The van der Waals surface area contributed by atoms with E-state index in [-0.39, 0.29) is 5.82 Å². The first kappa shape index (κ1) is 14.3. The Morgan fingerprint density at radius 3 is 2.75 bits per heavy atom. The highest BCUT2D eigenvalue weighted by atomic mass is 15.1. The maximum Gasteiger partial charge on any atom is 0.223 e. The van der Waals surface area contributed by atoms with Crippen LogP contribution in [0.25, 0.3) is 5.57 Å². The molecule has 0 radical (unpaired) electrons. The highest BCUT2D eigenvalue weighted by Gasteiger charge is 2.13. The quantitative estimate of drug-likeness (QED) is 0.610. The van der Waals surface area contributed by atoms with E-state index in [9.17, 15) is 0 Å². The van der Waals surface area contributed by atoms with Crippen molar-refractivity contribution in [3.63, 3.8) is 0 Å². The molecule has 1 fully saturated rings. The molecule has 0 aliphatic heterocycles. The number of rotatable bonds is 5. The molecule has 1 aromatic heterocycles. The number of allylic oxidation sites excluding steroid dienone is 1. The fourth-order valence-corrected chi connectivity index (χ4v) is 2.53. The third kappa shape index (κ3) is 3.69. The molecule has 1 aromatic rings. The van der Waals surface area contributed by atoms with Gasteiger partial charge >= 0.3 is 0 Å². The summed E-state index contributed by atoms with van der Waals surface area (Å²) >= 11 is 0. The molecule has 1 aliphatic carbocycles. The van der Waals surface area contributed by atoms with Gasteiger partial charge in [0.25, 0.3) is 0 Å². The summed E-state index contributed by atoms with van der Waals surface area (Å²) in [6.45, 7) is 0.894. The lowest BCUT2D eigenvalue weighted by molar-refractivity contribution is 0.373. The minimum Gasteiger partial charge on any atom is -0.385 e. The molecule has 1 aliphatic rings. The molecule has 1 heterocycles. The Morgan fingerprint density at radius 2 is 2.10 bits per heavy atom. The molecule has 6 N–H and O–H groups in total. The van der Waals surface area contributed by atoms with Crippen molar-refractivity contribution < 1.29 is 0 Å². The summed E-state index contributed by atoms with van der Waals surface area (Å²) in [6.07, 6.45) is 9.30. The van der Waals surface area contributed by atoms with Gasteiger partial charge in [-0.25, -0.2) is 9.97 Å². The van der Waals surface area contributed by atoms with E-state index in [1.807, 2.05) is 0 Å². The molecule has 6 nitrogen and oxygen atoms in total. The lowest BCUT2D eigenvalue weighted by atomic mass is 9.89. The second-order valence-electron chi connectivity index (χ2n) is 5.16. The topological polar surface area (TPSA) is 114 Å². The van der Waals surface area contributed by atoms with Crippen LogP contribution in [0.1, 0.15) is 37.8 Å². The maximum atomic E-state index is 7.34. The minimum atomic E-state index is 0.0944. The average Bonchev–Trinajstić information content (AvgIpc) is 2.47. The van der Waals surface area contributed by atoms with Crippen molar-refractivity contribution in [1.29, 1.82) is 5.41 Å². The second-order valence-corrected chi connectivity index (χ2v) is 5.16. The first-order valence-corrected chi connectivity index (χ1v) is 7.03. The normalized spacial score (nSPS) is 15.6. The smallest absolute Gasteiger partial charge is 0.223 e. The number of nitrogens with zero attached hydrogens (tertiary/aromatic N) is 2. The predicted octanol–water partition coefficient (Wildman–Crippen LogP) is 1.70. The summed E-state index contributed by atoms with van der Waals surface area (Å²) in [5, 5.41) is 10.6. The van der Waals surface area contributed by atoms with Crippen LogP contribution in [0.15, 0.2) is 18.1 Å². The van der Waals surface area contributed by atoms with Crippen LogP contribution >= 0.6 is 0 Å². The summed E-state index contributed by atoms with van der Waals surface area (Å²) in [7, 11) is 0. The number of aromatic nitrogens is 2. The SMILES string of the molecule is N=CC(=C(N)N)c1ccnc(NCC2CCCCC2)n1. The van der Waals surface area contributed by atoms with Gasteiger partial charge in [0, 0.05) is 19.0 Å². The fourth-order valence-electron chi connectivity index (χ4n) is 2.53. The monoisotopic (exact) mass is 274 g/mol.